The molecule has 206 valence electrons. The lowest BCUT2D eigenvalue weighted by Crippen LogP contribution is -2.27. The SMILES string of the molecule is CCn1ncc2cc(C3CC(c4c(-c5ccccc5)c5cc(Cl)ccc5[nH]c4=O)=NN3C(=O)CCC(=O)O)ccc21. The molecule has 0 radical (unpaired) electrons. The lowest BCUT2D eigenvalue weighted by molar-refractivity contribution is -0.141. The minimum Gasteiger partial charge on any atom is -0.481 e. The number of benzene rings is 3. The van der Waals surface area contributed by atoms with E-state index in [9.17, 15) is 19.5 Å². The van der Waals surface area contributed by atoms with Crippen molar-refractivity contribution >= 4 is 51.0 Å². The molecule has 1 amide bonds. The van der Waals surface area contributed by atoms with E-state index in [0.29, 0.717) is 27.4 Å². The molecule has 1 aliphatic rings. The average molecular weight is 568 g/mol. The molecule has 2 aromatic heterocycles. The monoisotopic (exact) mass is 567 g/mol. The number of nitrogens with one attached hydrogen (secondary N) is 1. The highest BCUT2D eigenvalue weighted by Crippen LogP contribution is 2.38. The summed E-state index contributed by atoms with van der Waals surface area (Å²) in [6.45, 7) is 2.73. The van der Waals surface area contributed by atoms with Crippen LogP contribution < -0.4 is 5.56 Å². The first-order valence-corrected chi connectivity index (χ1v) is 13.7. The van der Waals surface area contributed by atoms with Crippen LogP contribution in [0.2, 0.25) is 5.02 Å². The molecule has 3 heterocycles. The fraction of sp³-hybridized carbons (Fsp3) is 0.194. The highest BCUT2D eigenvalue weighted by atomic mass is 35.5. The number of carboxylic acids is 1. The minimum absolute atomic E-state index is 0.214. The Morgan fingerprint density at radius 2 is 1.85 bits per heavy atom. The van der Waals surface area contributed by atoms with Crippen molar-refractivity contribution < 1.29 is 14.7 Å². The lowest BCUT2D eigenvalue weighted by Gasteiger charge is -2.22. The van der Waals surface area contributed by atoms with Crippen LogP contribution in [0, 0.1) is 0 Å². The summed E-state index contributed by atoms with van der Waals surface area (Å²) in [5.74, 6) is -1.50. The molecule has 41 heavy (non-hydrogen) atoms. The molecule has 0 saturated carbocycles. The molecule has 1 atom stereocenters. The Kier molecular flexibility index (Phi) is 6.88. The van der Waals surface area contributed by atoms with Crippen molar-refractivity contribution in [3.05, 3.63) is 99.4 Å². The van der Waals surface area contributed by atoms with Gasteiger partial charge in [-0.2, -0.15) is 10.2 Å². The summed E-state index contributed by atoms with van der Waals surface area (Å²) in [7, 11) is 0. The first-order valence-electron chi connectivity index (χ1n) is 13.3. The van der Waals surface area contributed by atoms with Gasteiger partial charge in [0.1, 0.15) is 0 Å². The van der Waals surface area contributed by atoms with Crippen LogP contribution in [0.1, 0.15) is 43.4 Å². The Balaban J connectivity index is 1.52. The van der Waals surface area contributed by atoms with Crippen molar-refractivity contribution in [2.75, 3.05) is 0 Å². The fourth-order valence-electron chi connectivity index (χ4n) is 5.49. The summed E-state index contributed by atoms with van der Waals surface area (Å²) < 4.78 is 1.89. The van der Waals surface area contributed by atoms with Gasteiger partial charge in [0.25, 0.3) is 5.56 Å². The van der Waals surface area contributed by atoms with Gasteiger partial charge < -0.3 is 10.1 Å². The molecule has 6 rings (SSSR count). The number of aromatic amines is 1. The number of aryl methyl sites for hydroxylation is 1. The van der Waals surface area contributed by atoms with E-state index in [1.54, 1.807) is 24.4 Å². The number of carbonyl (C=O) groups excluding carboxylic acids is 1. The quantitative estimate of drug-likeness (QED) is 0.259. The van der Waals surface area contributed by atoms with Crippen LogP contribution in [0.5, 0.6) is 0 Å². The van der Waals surface area contributed by atoms with Crippen LogP contribution in [0.15, 0.2) is 82.8 Å². The predicted octanol–water partition coefficient (Wildman–Crippen LogP) is 5.76. The highest BCUT2D eigenvalue weighted by molar-refractivity contribution is 6.31. The van der Waals surface area contributed by atoms with Crippen LogP contribution in [0.4, 0.5) is 0 Å². The zero-order valence-electron chi connectivity index (χ0n) is 22.2. The van der Waals surface area contributed by atoms with Gasteiger partial charge in [-0.1, -0.05) is 48.0 Å². The lowest BCUT2D eigenvalue weighted by atomic mass is 9.91. The molecule has 0 spiro atoms. The Morgan fingerprint density at radius 1 is 1.05 bits per heavy atom. The van der Waals surface area contributed by atoms with E-state index in [-0.39, 0.29) is 24.8 Å². The van der Waals surface area contributed by atoms with Crippen molar-refractivity contribution in [2.45, 2.75) is 38.8 Å². The number of nitrogens with zero attached hydrogens (tertiary/aromatic N) is 4. The number of rotatable bonds is 7. The maximum absolute atomic E-state index is 13.7. The third-order valence-corrected chi connectivity index (χ3v) is 7.63. The molecular weight excluding hydrogens is 542 g/mol. The van der Waals surface area contributed by atoms with Gasteiger partial charge in [0.05, 0.1) is 35.5 Å². The van der Waals surface area contributed by atoms with Gasteiger partial charge in [-0.15, -0.1) is 0 Å². The maximum Gasteiger partial charge on any atom is 0.303 e. The predicted molar refractivity (Wildman–Crippen MR) is 158 cm³/mol. The summed E-state index contributed by atoms with van der Waals surface area (Å²) >= 11 is 6.39. The van der Waals surface area contributed by atoms with Crippen LogP contribution in [-0.4, -0.2) is 42.5 Å². The summed E-state index contributed by atoms with van der Waals surface area (Å²) in [6.07, 6.45) is 1.51. The Hall–Kier alpha value is -4.76. The van der Waals surface area contributed by atoms with Crippen LogP contribution in [-0.2, 0) is 16.1 Å². The summed E-state index contributed by atoms with van der Waals surface area (Å²) in [5, 5.41) is 21.9. The van der Waals surface area contributed by atoms with E-state index < -0.39 is 17.9 Å². The van der Waals surface area contributed by atoms with Gasteiger partial charge in [0.2, 0.25) is 5.91 Å². The van der Waals surface area contributed by atoms with Crippen LogP contribution in [0.25, 0.3) is 32.9 Å². The number of amides is 1. The number of hydrazone groups is 1. The molecule has 0 saturated heterocycles. The van der Waals surface area contributed by atoms with Crippen LogP contribution in [0.3, 0.4) is 0 Å². The second-order valence-electron chi connectivity index (χ2n) is 9.94. The first-order chi connectivity index (χ1) is 19.8. The third kappa shape index (κ3) is 4.89. The standard InChI is InChI=1S/C31H26ClN5O4/c1-2-36-25-11-8-19(14-20(25)17-33-36)26-16-24(35-37(26)27(38)12-13-28(39)40)30-29(18-6-4-3-5-7-18)22-15-21(32)9-10-23(22)34-31(30)41/h3-11,14-15,17,26H,2,12-13,16H2,1H3,(H,34,41)(H,39,40). The fourth-order valence-corrected chi connectivity index (χ4v) is 5.66. The van der Waals surface area contributed by atoms with E-state index in [1.165, 1.54) is 5.01 Å². The Labute approximate surface area is 239 Å². The van der Waals surface area contributed by atoms with E-state index in [0.717, 1.165) is 34.0 Å². The number of hydrogen-bond acceptors (Lipinski definition) is 5. The second-order valence-corrected chi connectivity index (χ2v) is 10.4. The molecule has 3 aromatic carbocycles. The first kappa shape index (κ1) is 26.5. The van der Waals surface area contributed by atoms with E-state index in [2.05, 4.69) is 10.1 Å². The average Bonchev–Trinajstić information content (AvgIpc) is 3.60. The maximum atomic E-state index is 13.7. The molecule has 0 bridgehead atoms. The van der Waals surface area contributed by atoms with Gasteiger partial charge in [-0.3, -0.25) is 19.1 Å². The number of aliphatic carboxylic acids is 1. The number of carboxylic acid groups (broad SMARTS) is 1. The Bertz CT molecular complexity index is 1910. The number of H-pyrrole nitrogens is 1. The van der Waals surface area contributed by atoms with Crippen molar-refractivity contribution in [1.82, 2.24) is 19.8 Å². The molecule has 2 N–H and O–H groups in total. The molecule has 0 aliphatic carbocycles. The normalized spacial score (nSPS) is 15.0. The third-order valence-electron chi connectivity index (χ3n) is 7.40. The Morgan fingerprint density at radius 3 is 2.61 bits per heavy atom. The zero-order valence-corrected chi connectivity index (χ0v) is 22.9. The number of pyridine rings is 1. The van der Waals surface area contributed by atoms with Gasteiger partial charge in [-0.25, -0.2) is 5.01 Å². The minimum atomic E-state index is -1.07. The summed E-state index contributed by atoms with van der Waals surface area (Å²) in [5.41, 5.74) is 4.34. The second kappa shape index (κ2) is 10.7. The van der Waals surface area contributed by atoms with E-state index >= 15 is 0 Å². The topological polar surface area (TPSA) is 121 Å². The molecule has 5 aromatic rings. The van der Waals surface area contributed by atoms with E-state index in [1.807, 2.05) is 60.1 Å². The molecule has 1 unspecified atom stereocenters. The highest BCUT2D eigenvalue weighted by Gasteiger charge is 2.35. The smallest absolute Gasteiger partial charge is 0.303 e. The zero-order chi connectivity index (χ0) is 28.7. The van der Waals surface area contributed by atoms with Gasteiger partial charge in [0.15, 0.2) is 0 Å². The van der Waals surface area contributed by atoms with Gasteiger partial charge >= 0.3 is 5.97 Å². The van der Waals surface area contributed by atoms with Crippen molar-refractivity contribution in [2.24, 2.45) is 5.10 Å². The molecule has 1 aliphatic heterocycles. The van der Waals surface area contributed by atoms with Crippen molar-refractivity contribution in [3.8, 4) is 11.1 Å². The number of aromatic nitrogens is 3. The summed E-state index contributed by atoms with van der Waals surface area (Å²) in [4.78, 5) is 41.3. The number of carbonyl (C=O) groups is 2. The van der Waals surface area contributed by atoms with Gasteiger partial charge in [-0.05, 0) is 48.4 Å². The summed E-state index contributed by atoms with van der Waals surface area (Å²) in [6, 6.07) is 20.1. The number of hydrogen-bond donors (Lipinski definition) is 2. The van der Waals surface area contributed by atoms with Gasteiger partial charge in [0, 0.05) is 46.3 Å². The van der Waals surface area contributed by atoms with E-state index in [4.69, 9.17) is 16.7 Å². The molecule has 9 nitrogen and oxygen atoms in total. The number of fused-ring (bicyclic) bond motifs is 2. The largest absolute Gasteiger partial charge is 0.481 e. The molecule has 10 heteroatoms. The molecular formula is C31H26ClN5O4. The number of halogens is 1. The van der Waals surface area contributed by atoms with Crippen molar-refractivity contribution in [3.63, 3.8) is 0 Å². The van der Waals surface area contributed by atoms with Crippen LogP contribution >= 0.6 is 11.6 Å². The van der Waals surface area contributed by atoms with Crippen molar-refractivity contribution in [1.29, 1.82) is 0 Å². The molecule has 0 fully saturated rings.